The van der Waals surface area contributed by atoms with Crippen molar-refractivity contribution in [3.8, 4) is 0 Å². The molecule has 110 valence electrons. The summed E-state index contributed by atoms with van der Waals surface area (Å²) in [4.78, 5) is 12.1. The molecule has 0 fully saturated rings. The lowest BCUT2D eigenvalue weighted by molar-refractivity contribution is -0.111. The van der Waals surface area contributed by atoms with Gasteiger partial charge in [-0.3, -0.25) is 4.79 Å². The number of halogens is 2. The maximum Gasteiger partial charge on any atom is 0.248 e. The topological polar surface area (TPSA) is 42.2 Å². The molecule has 22 heavy (non-hydrogen) atoms. The first-order valence-corrected chi connectivity index (χ1v) is 7.72. The first-order chi connectivity index (χ1) is 10.6. The summed E-state index contributed by atoms with van der Waals surface area (Å²) < 4.78 is 6.31. The van der Waals surface area contributed by atoms with Crippen molar-refractivity contribution < 1.29 is 9.21 Å². The summed E-state index contributed by atoms with van der Waals surface area (Å²) >= 11 is 9.45. The van der Waals surface area contributed by atoms with E-state index in [-0.39, 0.29) is 11.1 Å². The van der Waals surface area contributed by atoms with E-state index in [9.17, 15) is 4.79 Å². The van der Waals surface area contributed by atoms with Crippen LogP contribution >= 0.6 is 27.5 Å². The number of rotatable bonds is 3. The van der Waals surface area contributed by atoms with E-state index >= 15 is 0 Å². The molecule has 0 saturated heterocycles. The van der Waals surface area contributed by atoms with Gasteiger partial charge in [-0.15, -0.1) is 0 Å². The van der Waals surface area contributed by atoms with Gasteiger partial charge in [0.15, 0.2) is 0 Å². The number of fused-ring (bicyclic) bond motifs is 1. The van der Waals surface area contributed by atoms with Crippen LogP contribution in [0.1, 0.15) is 5.56 Å². The molecule has 0 bridgehead atoms. The Morgan fingerprint density at radius 1 is 1.18 bits per heavy atom. The second kappa shape index (κ2) is 6.38. The van der Waals surface area contributed by atoms with Crippen LogP contribution in [-0.4, -0.2) is 5.91 Å². The number of carbonyl (C=O) groups is 1. The number of carbonyl (C=O) groups excluding carboxylic acids is 1. The standard InChI is InChI=1S/C17H11BrClNO2/c18-12-7-8-14-13(10-12)16(17(19)22-14)20-15(21)9-6-11-4-2-1-3-5-11/h1-10H,(H,20,21)/b9-6+. The van der Waals surface area contributed by atoms with Gasteiger partial charge in [0.1, 0.15) is 11.3 Å². The van der Waals surface area contributed by atoms with Crippen molar-refractivity contribution in [2.45, 2.75) is 0 Å². The SMILES string of the molecule is O=C(/C=C/c1ccccc1)Nc1c(Cl)oc2ccc(Br)cc12. The Morgan fingerprint density at radius 3 is 2.73 bits per heavy atom. The number of amides is 1. The number of hydrogen-bond acceptors (Lipinski definition) is 2. The van der Waals surface area contributed by atoms with Crippen molar-refractivity contribution in [3.05, 3.63) is 69.9 Å². The molecule has 0 aliphatic rings. The highest BCUT2D eigenvalue weighted by Gasteiger charge is 2.14. The lowest BCUT2D eigenvalue weighted by Gasteiger charge is -2.00. The molecule has 5 heteroatoms. The second-order valence-corrected chi connectivity index (χ2v) is 5.88. The smallest absolute Gasteiger partial charge is 0.248 e. The van der Waals surface area contributed by atoms with Crippen LogP contribution < -0.4 is 5.32 Å². The van der Waals surface area contributed by atoms with E-state index in [0.29, 0.717) is 11.3 Å². The van der Waals surface area contributed by atoms with E-state index in [1.807, 2.05) is 42.5 Å². The van der Waals surface area contributed by atoms with Crippen LogP contribution in [0.5, 0.6) is 0 Å². The normalized spacial score (nSPS) is 11.2. The zero-order chi connectivity index (χ0) is 15.5. The molecule has 0 aliphatic heterocycles. The lowest BCUT2D eigenvalue weighted by Crippen LogP contribution is -2.07. The van der Waals surface area contributed by atoms with Crippen LogP contribution in [0, 0.1) is 0 Å². The minimum absolute atomic E-state index is 0.162. The number of nitrogens with one attached hydrogen (secondary N) is 1. The molecule has 0 aliphatic carbocycles. The van der Waals surface area contributed by atoms with Crippen LogP contribution in [0.25, 0.3) is 17.0 Å². The van der Waals surface area contributed by atoms with Gasteiger partial charge in [0, 0.05) is 15.9 Å². The number of anilines is 1. The molecule has 0 spiro atoms. The van der Waals surface area contributed by atoms with E-state index in [2.05, 4.69) is 21.2 Å². The van der Waals surface area contributed by atoms with Crippen LogP contribution in [-0.2, 0) is 4.79 Å². The number of furan rings is 1. The van der Waals surface area contributed by atoms with E-state index in [4.69, 9.17) is 16.0 Å². The summed E-state index contributed by atoms with van der Waals surface area (Å²) in [6, 6.07) is 15.1. The molecule has 3 rings (SSSR count). The Bertz CT molecular complexity index is 856. The lowest BCUT2D eigenvalue weighted by atomic mass is 10.2. The number of benzene rings is 2. The van der Waals surface area contributed by atoms with Crippen molar-refractivity contribution in [2.24, 2.45) is 0 Å². The van der Waals surface area contributed by atoms with E-state index in [0.717, 1.165) is 15.4 Å². The zero-order valence-electron chi connectivity index (χ0n) is 11.3. The van der Waals surface area contributed by atoms with Crippen LogP contribution in [0.3, 0.4) is 0 Å². The Balaban J connectivity index is 1.84. The van der Waals surface area contributed by atoms with Crippen LogP contribution in [0.15, 0.2) is 63.5 Å². The average Bonchev–Trinajstić information content (AvgIpc) is 2.82. The molecule has 3 nitrogen and oxygen atoms in total. The van der Waals surface area contributed by atoms with Gasteiger partial charge in [0.05, 0.1) is 0 Å². The summed E-state index contributed by atoms with van der Waals surface area (Å²) in [7, 11) is 0. The van der Waals surface area contributed by atoms with Gasteiger partial charge in [-0.1, -0.05) is 46.3 Å². The Hall–Kier alpha value is -2.04. The van der Waals surface area contributed by atoms with Crippen molar-refractivity contribution >= 4 is 56.2 Å². The Labute approximate surface area is 140 Å². The minimum atomic E-state index is -0.270. The van der Waals surface area contributed by atoms with Gasteiger partial charge >= 0.3 is 0 Å². The minimum Gasteiger partial charge on any atom is -0.442 e. The highest BCUT2D eigenvalue weighted by molar-refractivity contribution is 9.10. The molecule has 1 amide bonds. The van der Waals surface area contributed by atoms with E-state index in [1.54, 1.807) is 12.1 Å². The molecular formula is C17H11BrClNO2. The van der Waals surface area contributed by atoms with E-state index < -0.39 is 0 Å². The fourth-order valence-corrected chi connectivity index (χ4v) is 2.65. The quantitative estimate of drug-likeness (QED) is 0.613. The summed E-state index contributed by atoms with van der Waals surface area (Å²) in [6.45, 7) is 0. The zero-order valence-corrected chi connectivity index (χ0v) is 13.7. The van der Waals surface area contributed by atoms with Crippen LogP contribution in [0.2, 0.25) is 5.22 Å². The maximum absolute atomic E-state index is 12.1. The molecular weight excluding hydrogens is 366 g/mol. The third-order valence-electron chi connectivity index (χ3n) is 3.08. The molecule has 0 radical (unpaired) electrons. The molecule has 2 aromatic carbocycles. The summed E-state index contributed by atoms with van der Waals surface area (Å²) in [5.74, 6) is -0.270. The van der Waals surface area contributed by atoms with Gasteiger partial charge in [-0.05, 0) is 41.4 Å². The Kier molecular flexibility index (Phi) is 4.32. The van der Waals surface area contributed by atoms with Crippen molar-refractivity contribution in [3.63, 3.8) is 0 Å². The predicted octanol–water partition coefficient (Wildman–Crippen LogP) is 5.50. The molecule has 0 saturated carbocycles. The molecule has 0 unspecified atom stereocenters. The average molecular weight is 377 g/mol. The third-order valence-corrected chi connectivity index (χ3v) is 3.84. The highest BCUT2D eigenvalue weighted by atomic mass is 79.9. The first kappa shape index (κ1) is 14.9. The van der Waals surface area contributed by atoms with Gasteiger partial charge < -0.3 is 9.73 Å². The summed E-state index contributed by atoms with van der Waals surface area (Å²) in [5.41, 5.74) is 2.04. The molecule has 1 heterocycles. The molecule has 0 atom stereocenters. The monoisotopic (exact) mass is 375 g/mol. The summed E-state index contributed by atoms with van der Waals surface area (Å²) in [6.07, 6.45) is 3.20. The number of hydrogen-bond donors (Lipinski definition) is 1. The first-order valence-electron chi connectivity index (χ1n) is 6.55. The second-order valence-electron chi connectivity index (χ2n) is 4.62. The molecule has 3 aromatic rings. The van der Waals surface area contributed by atoms with Gasteiger partial charge in [0.2, 0.25) is 11.1 Å². The fourth-order valence-electron chi connectivity index (χ4n) is 2.06. The third kappa shape index (κ3) is 3.24. The highest BCUT2D eigenvalue weighted by Crippen LogP contribution is 2.36. The van der Waals surface area contributed by atoms with Gasteiger partial charge in [-0.25, -0.2) is 0 Å². The molecule has 1 aromatic heterocycles. The van der Waals surface area contributed by atoms with E-state index in [1.165, 1.54) is 6.08 Å². The van der Waals surface area contributed by atoms with Gasteiger partial charge in [-0.2, -0.15) is 0 Å². The van der Waals surface area contributed by atoms with Crippen molar-refractivity contribution in [1.29, 1.82) is 0 Å². The predicted molar refractivity (Wildman–Crippen MR) is 93.0 cm³/mol. The van der Waals surface area contributed by atoms with Crippen molar-refractivity contribution in [2.75, 3.05) is 5.32 Å². The van der Waals surface area contributed by atoms with Gasteiger partial charge in [0.25, 0.3) is 0 Å². The summed E-state index contributed by atoms with van der Waals surface area (Å²) in [5, 5.41) is 3.67. The molecule has 1 N–H and O–H groups in total. The maximum atomic E-state index is 12.1. The largest absolute Gasteiger partial charge is 0.442 e. The Morgan fingerprint density at radius 2 is 1.95 bits per heavy atom. The van der Waals surface area contributed by atoms with Crippen LogP contribution in [0.4, 0.5) is 5.69 Å². The van der Waals surface area contributed by atoms with Crippen molar-refractivity contribution in [1.82, 2.24) is 0 Å². The fraction of sp³-hybridized carbons (Fsp3) is 0.